The summed E-state index contributed by atoms with van der Waals surface area (Å²) in [5, 5.41) is 11.2. The molecule has 1 aliphatic carbocycles. The molecular formula is C14H22F2N2O4. The van der Waals surface area contributed by atoms with Crippen LogP contribution < -0.4 is 11.1 Å². The van der Waals surface area contributed by atoms with E-state index in [1.165, 1.54) is 6.08 Å². The quantitative estimate of drug-likeness (QED) is 0.651. The summed E-state index contributed by atoms with van der Waals surface area (Å²) in [6.45, 7) is 3.79. The molecule has 22 heavy (non-hydrogen) atoms. The monoisotopic (exact) mass is 320 g/mol. The first kappa shape index (κ1) is 18.5. The zero-order valence-corrected chi connectivity index (χ0v) is 12.6. The molecule has 0 spiro atoms. The van der Waals surface area contributed by atoms with Gasteiger partial charge in [-0.25, -0.2) is 4.79 Å². The number of carbonyl (C=O) groups is 2. The molecule has 0 aliphatic heterocycles. The number of hydrogen-bond acceptors (Lipinski definition) is 4. The Morgan fingerprint density at radius 2 is 2.05 bits per heavy atom. The van der Waals surface area contributed by atoms with E-state index in [9.17, 15) is 18.4 Å². The average molecular weight is 320 g/mol. The summed E-state index contributed by atoms with van der Waals surface area (Å²) >= 11 is 0. The maximum atomic E-state index is 12.4. The van der Waals surface area contributed by atoms with Gasteiger partial charge in [-0.2, -0.15) is 8.78 Å². The van der Waals surface area contributed by atoms with E-state index in [2.05, 4.69) is 5.32 Å². The summed E-state index contributed by atoms with van der Waals surface area (Å²) in [4.78, 5) is 22.4. The third-order valence-electron chi connectivity index (χ3n) is 3.68. The van der Waals surface area contributed by atoms with Crippen LogP contribution in [0.2, 0.25) is 0 Å². The first-order chi connectivity index (χ1) is 10.3. The third kappa shape index (κ3) is 4.74. The first-order valence-corrected chi connectivity index (χ1v) is 7.23. The van der Waals surface area contributed by atoms with Crippen molar-refractivity contribution in [2.75, 3.05) is 0 Å². The van der Waals surface area contributed by atoms with Crippen LogP contribution >= 0.6 is 0 Å². The fourth-order valence-electron chi connectivity index (χ4n) is 2.40. The van der Waals surface area contributed by atoms with Crippen LogP contribution in [0.15, 0.2) is 11.6 Å². The molecule has 0 bridgehead atoms. The van der Waals surface area contributed by atoms with E-state index >= 15 is 0 Å². The molecule has 0 heterocycles. The molecule has 1 amide bonds. The second-order valence-electron chi connectivity index (χ2n) is 5.24. The molecule has 0 aromatic carbocycles. The highest BCUT2D eigenvalue weighted by Crippen LogP contribution is 2.23. The van der Waals surface area contributed by atoms with Gasteiger partial charge in [-0.3, -0.25) is 4.79 Å². The number of aliphatic carboxylic acids is 1. The maximum absolute atomic E-state index is 12.4. The highest BCUT2D eigenvalue weighted by molar-refractivity contribution is 5.87. The minimum Gasteiger partial charge on any atom is -0.478 e. The standard InChI is InChI=1S/C14H22F2N2O4/c1-3-8(4-2)22-10-6-7(14(20)21)5-9(17)11(10)18-13(19)12(15)16/h6,8-12H,3-5,17H2,1-2H3,(H,18,19)(H,20,21)/t9-,10+,11+/m0/s1. The number of amides is 1. The number of nitrogens with one attached hydrogen (secondary N) is 1. The molecule has 0 saturated heterocycles. The molecule has 0 fully saturated rings. The Morgan fingerprint density at radius 1 is 1.45 bits per heavy atom. The van der Waals surface area contributed by atoms with Crippen molar-refractivity contribution in [2.24, 2.45) is 5.73 Å². The largest absolute Gasteiger partial charge is 0.478 e. The molecule has 0 aromatic heterocycles. The van der Waals surface area contributed by atoms with Crippen LogP contribution in [0.1, 0.15) is 33.1 Å². The Kier molecular flexibility index (Phi) is 6.89. The van der Waals surface area contributed by atoms with Gasteiger partial charge in [-0.05, 0) is 25.3 Å². The Balaban J connectivity index is 2.99. The van der Waals surface area contributed by atoms with Crippen molar-refractivity contribution in [3.05, 3.63) is 11.6 Å². The normalized spacial score (nSPS) is 25.2. The molecule has 6 nitrogen and oxygen atoms in total. The summed E-state index contributed by atoms with van der Waals surface area (Å²) in [5.74, 6) is -2.57. The lowest BCUT2D eigenvalue weighted by molar-refractivity contribution is -0.134. The van der Waals surface area contributed by atoms with Gasteiger partial charge in [0, 0.05) is 11.6 Å². The molecule has 8 heteroatoms. The zero-order chi connectivity index (χ0) is 16.9. The van der Waals surface area contributed by atoms with Crippen molar-refractivity contribution < 1.29 is 28.2 Å². The fraction of sp³-hybridized carbons (Fsp3) is 0.714. The lowest BCUT2D eigenvalue weighted by Crippen LogP contribution is -2.58. The van der Waals surface area contributed by atoms with E-state index in [1.807, 2.05) is 13.8 Å². The first-order valence-electron chi connectivity index (χ1n) is 7.23. The number of nitrogens with two attached hydrogens (primary N) is 1. The van der Waals surface area contributed by atoms with Gasteiger partial charge >= 0.3 is 12.4 Å². The van der Waals surface area contributed by atoms with Crippen molar-refractivity contribution in [3.8, 4) is 0 Å². The molecule has 0 radical (unpaired) electrons. The maximum Gasteiger partial charge on any atom is 0.331 e. The smallest absolute Gasteiger partial charge is 0.331 e. The minimum atomic E-state index is -3.16. The van der Waals surface area contributed by atoms with E-state index in [1.54, 1.807) is 0 Å². The van der Waals surface area contributed by atoms with Gasteiger partial charge in [-0.1, -0.05) is 13.8 Å². The van der Waals surface area contributed by atoms with Crippen molar-refractivity contribution >= 4 is 11.9 Å². The van der Waals surface area contributed by atoms with Crippen molar-refractivity contribution in [2.45, 2.75) is 63.8 Å². The van der Waals surface area contributed by atoms with Crippen LogP contribution in [-0.4, -0.2) is 47.7 Å². The highest BCUT2D eigenvalue weighted by atomic mass is 19.3. The van der Waals surface area contributed by atoms with Crippen LogP contribution in [0.5, 0.6) is 0 Å². The molecule has 0 unspecified atom stereocenters. The molecule has 3 atom stereocenters. The molecular weight excluding hydrogens is 298 g/mol. The van der Waals surface area contributed by atoms with E-state index in [-0.39, 0.29) is 18.1 Å². The summed E-state index contributed by atoms with van der Waals surface area (Å²) in [6.07, 6.45) is -1.50. The van der Waals surface area contributed by atoms with Crippen molar-refractivity contribution in [1.29, 1.82) is 0 Å². The minimum absolute atomic E-state index is 0.0215. The SMILES string of the molecule is CCC(CC)O[C@@H]1C=C(C(=O)O)C[C@H](N)[C@H]1NC(=O)C(F)F. The number of ether oxygens (including phenoxy) is 1. The van der Waals surface area contributed by atoms with Gasteiger partial charge in [0.2, 0.25) is 0 Å². The van der Waals surface area contributed by atoms with Crippen molar-refractivity contribution in [1.82, 2.24) is 5.32 Å². The van der Waals surface area contributed by atoms with Crippen LogP contribution in [-0.2, 0) is 14.3 Å². The van der Waals surface area contributed by atoms with Gasteiger partial charge in [0.15, 0.2) is 0 Å². The average Bonchev–Trinajstić information content (AvgIpc) is 2.46. The second kappa shape index (κ2) is 8.19. The summed E-state index contributed by atoms with van der Waals surface area (Å²) in [6, 6.07) is -1.69. The van der Waals surface area contributed by atoms with E-state index < -0.39 is 36.5 Å². The van der Waals surface area contributed by atoms with Crippen LogP contribution in [0.25, 0.3) is 0 Å². The van der Waals surface area contributed by atoms with Gasteiger partial charge in [0.1, 0.15) is 0 Å². The van der Waals surface area contributed by atoms with E-state index in [4.69, 9.17) is 15.6 Å². The Labute approximate surface area is 127 Å². The number of halogens is 2. The molecule has 1 rings (SSSR count). The summed E-state index contributed by atoms with van der Waals surface area (Å²) in [7, 11) is 0. The molecule has 0 saturated carbocycles. The Hall–Kier alpha value is -1.54. The van der Waals surface area contributed by atoms with Crippen LogP contribution in [0, 0.1) is 0 Å². The topological polar surface area (TPSA) is 102 Å². The lowest BCUT2D eigenvalue weighted by atomic mass is 9.88. The zero-order valence-electron chi connectivity index (χ0n) is 12.6. The number of carboxylic acid groups (broad SMARTS) is 1. The van der Waals surface area contributed by atoms with Gasteiger partial charge < -0.3 is 20.9 Å². The summed E-state index contributed by atoms with van der Waals surface area (Å²) < 4.78 is 30.6. The predicted molar refractivity (Wildman–Crippen MR) is 75.5 cm³/mol. The summed E-state index contributed by atoms with van der Waals surface area (Å²) in [5.41, 5.74) is 5.92. The third-order valence-corrected chi connectivity index (χ3v) is 3.68. The lowest BCUT2D eigenvalue weighted by Gasteiger charge is -2.36. The second-order valence-corrected chi connectivity index (χ2v) is 5.24. The fourth-order valence-corrected chi connectivity index (χ4v) is 2.40. The van der Waals surface area contributed by atoms with Crippen LogP contribution in [0.3, 0.4) is 0 Å². The number of rotatable bonds is 7. The highest BCUT2D eigenvalue weighted by Gasteiger charge is 2.37. The number of carbonyl (C=O) groups excluding carboxylic acids is 1. The number of alkyl halides is 2. The predicted octanol–water partition coefficient (Wildman–Crippen LogP) is 1.05. The molecule has 4 N–H and O–H groups in total. The molecule has 1 aliphatic rings. The van der Waals surface area contributed by atoms with E-state index in [0.29, 0.717) is 12.8 Å². The van der Waals surface area contributed by atoms with Gasteiger partial charge in [0.25, 0.3) is 5.91 Å². The van der Waals surface area contributed by atoms with Crippen LogP contribution in [0.4, 0.5) is 8.78 Å². The molecule has 126 valence electrons. The number of carboxylic acids is 1. The Bertz CT molecular complexity index is 439. The van der Waals surface area contributed by atoms with E-state index in [0.717, 1.165) is 0 Å². The molecule has 0 aromatic rings. The van der Waals surface area contributed by atoms with Crippen molar-refractivity contribution in [3.63, 3.8) is 0 Å². The van der Waals surface area contributed by atoms with Gasteiger partial charge in [-0.15, -0.1) is 0 Å². The van der Waals surface area contributed by atoms with Gasteiger partial charge in [0.05, 0.1) is 18.2 Å². The Morgan fingerprint density at radius 3 is 2.50 bits per heavy atom. The number of hydrogen-bond donors (Lipinski definition) is 3.